The molecule has 0 saturated carbocycles. The van der Waals surface area contributed by atoms with Crippen LogP contribution >= 0.6 is 22.9 Å². The molecule has 0 aliphatic carbocycles. The molecule has 10 heteroatoms. The van der Waals surface area contributed by atoms with Gasteiger partial charge in [-0.15, -0.1) is 11.3 Å². The van der Waals surface area contributed by atoms with Gasteiger partial charge in [0.25, 0.3) is 0 Å². The molecular weight excluding hydrogens is 444 g/mol. The Balaban J connectivity index is 0.000000501. The molecule has 4 N–H and O–H groups in total. The average molecular weight is 467 g/mol. The highest BCUT2D eigenvalue weighted by Crippen LogP contribution is 2.21. The van der Waals surface area contributed by atoms with E-state index in [-0.39, 0.29) is 12.7 Å². The first kappa shape index (κ1) is 24.7. The maximum atomic E-state index is 10.1. The molecule has 2 atom stereocenters. The van der Waals surface area contributed by atoms with Gasteiger partial charge in [0.2, 0.25) is 0 Å². The van der Waals surface area contributed by atoms with E-state index in [2.05, 4.69) is 16.4 Å². The molecule has 1 heterocycles. The van der Waals surface area contributed by atoms with Gasteiger partial charge in [0.1, 0.15) is 5.01 Å². The highest BCUT2D eigenvalue weighted by Gasteiger charge is 2.10. The van der Waals surface area contributed by atoms with E-state index in [9.17, 15) is 5.11 Å². The van der Waals surface area contributed by atoms with E-state index >= 15 is 0 Å². The third kappa shape index (κ3) is 8.60. The van der Waals surface area contributed by atoms with Gasteiger partial charge in [0.05, 0.1) is 29.0 Å². The van der Waals surface area contributed by atoms with Crippen molar-refractivity contribution in [1.82, 2.24) is 10.3 Å². The standard InChI is InChI=1S/C19H21ClN2O2S.C2H2O4/c1-13(14-6-8-15(20)9-7-14)24-12-16(23)10-21-11-19-22-17-4-2-3-5-18(17)25-19;3-1(4)2(5)6/h2-9,13,16,21,23H,10-12H2,1H3;(H,3,4)(H,5,6). The van der Waals surface area contributed by atoms with Gasteiger partial charge >= 0.3 is 11.9 Å². The molecule has 0 fully saturated rings. The van der Waals surface area contributed by atoms with Crippen LogP contribution in [-0.2, 0) is 20.9 Å². The lowest BCUT2D eigenvalue weighted by molar-refractivity contribution is -0.159. The minimum absolute atomic E-state index is 0.0869. The molecular formula is C21H23ClN2O6S. The Morgan fingerprint density at radius 1 is 1.13 bits per heavy atom. The number of nitrogens with one attached hydrogen (secondary N) is 1. The number of aromatic nitrogens is 1. The van der Waals surface area contributed by atoms with E-state index in [0.29, 0.717) is 18.1 Å². The molecule has 3 aromatic rings. The maximum Gasteiger partial charge on any atom is 0.414 e. The first-order valence-corrected chi connectivity index (χ1v) is 10.5. The average Bonchev–Trinajstić information content (AvgIpc) is 3.15. The third-order valence-corrected chi connectivity index (χ3v) is 5.34. The summed E-state index contributed by atoms with van der Waals surface area (Å²) in [5, 5.41) is 29.8. The highest BCUT2D eigenvalue weighted by atomic mass is 35.5. The quantitative estimate of drug-likeness (QED) is 0.372. The maximum absolute atomic E-state index is 10.1. The van der Waals surface area contributed by atoms with Gasteiger partial charge in [-0.05, 0) is 36.8 Å². The van der Waals surface area contributed by atoms with Crippen LogP contribution in [-0.4, -0.2) is 51.5 Å². The Morgan fingerprint density at radius 2 is 1.77 bits per heavy atom. The number of carboxylic acids is 2. The molecule has 31 heavy (non-hydrogen) atoms. The van der Waals surface area contributed by atoms with E-state index in [1.165, 1.54) is 4.70 Å². The number of carboxylic acid groups (broad SMARTS) is 2. The van der Waals surface area contributed by atoms with Crippen LogP contribution in [0.25, 0.3) is 10.2 Å². The number of nitrogens with zero attached hydrogens (tertiary/aromatic N) is 1. The van der Waals surface area contributed by atoms with Crippen molar-refractivity contribution in [3.8, 4) is 0 Å². The van der Waals surface area contributed by atoms with Crippen LogP contribution in [0, 0.1) is 0 Å². The third-order valence-electron chi connectivity index (χ3n) is 4.06. The van der Waals surface area contributed by atoms with Gasteiger partial charge in [0.15, 0.2) is 0 Å². The fourth-order valence-corrected chi connectivity index (χ4v) is 3.55. The number of halogens is 1. The number of benzene rings is 2. The lowest BCUT2D eigenvalue weighted by Crippen LogP contribution is -2.30. The van der Waals surface area contributed by atoms with Gasteiger partial charge in [-0.3, -0.25) is 0 Å². The molecule has 0 radical (unpaired) electrons. The first-order chi connectivity index (χ1) is 14.8. The van der Waals surface area contributed by atoms with Crippen LogP contribution in [0.3, 0.4) is 0 Å². The SMILES string of the molecule is CC(OCC(O)CNCc1nc2ccccc2s1)c1ccc(Cl)cc1.O=C(O)C(=O)O. The number of carbonyl (C=O) groups is 2. The molecule has 1 aromatic heterocycles. The highest BCUT2D eigenvalue weighted by molar-refractivity contribution is 7.18. The van der Waals surface area contributed by atoms with Gasteiger partial charge in [-0.2, -0.15) is 0 Å². The fraction of sp³-hybridized carbons (Fsp3) is 0.286. The summed E-state index contributed by atoms with van der Waals surface area (Å²) < 4.78 is 6.91. The van der Waals surface area contributed by atoms with E-state index in [0.717, 1.165) is 16.1 Å². The zero-order chi connectivity index (χ0) is 22.8. The minimum Gasteiger partial charge on any atom is -0.473 e. The zero-order valence-electron chi connectivity index (χ0n) is 16.7. The second-order valence-electron chi connectivity index (χ2n) is 6.50. The molecule has 0 aliphatic heterocycles. The Bertz CT molecular complexity index is 950. The summed E-state index contributed by atoms with van der Waals surface area (Å²) in [7, 11) is 0. The van der Waals surface area contributed by atoms with Crippen LogP contribution in [0.15, 0.2) is 48.5 Å². The Morgan fingerprint density at radius 3 is 2.39 bits per heavy atom. The summed E-state index contributed by atoms with van der Waals surface area (Å²) in [5.74, 6) is -3.65. The Labute approximate surface area is 188 Å². The molecule has 0 bridgehead atoms. The number of aliphatic hydroxyl groups excluding tert-OH is 1. The molecule has 8 nitrogen and oxygen atoms in total. The predicted octanol–water partition coefficient (Wildman–Crippen LogP) is 3.33. The normalized spacial score (nSPS) is 12.6. The number of hydrogen-bond acceptors (Lipinski definition) is 7. The molecule has 166 valence electrons. The minimum atomic E-state index is -1.82. The second-order valence-corrected chi connectivity index (χ2v) is 8.05. The number of hydrogen-bond donors (Lipinski definition) is 4. The molecule has 0 spiro atoms. The van der Waals surface area contributed by atoms with Crippen molar-refractivity contribution in [2.45, 2.75) is 25.7 Å². The number of aliphatic carboxylic acids is 2. The molecule has 0 amide bonds. The van der Waals surface area contributed by atoms with Gasteiger partial charge < -0.3 is 25.4 Å². The van der Waals surface area contributed by atoms with E-state index in [4.69, 9.17) is 36.1 Å². The van der Waals surface area contributed by atoms with Crippen molar-refractivity contribution in [3.05, 3.63) is 64.1 Å². The predicted molar refractivity (Wildman–Crippen MR) is 118 cm³/mol. The van der Waals surface area contributed by atoms with Gasteiger partial charge in [-0.25, -0.2) is 14.6 Å². The first-order valence-electron chi connectivity index (χ1n) is 9.32. The smallest absolute Gasteiger partial charge is 0.414 e. The van der Waals surface area contributed by atoms with Crippen molar-refractivity contribution in [2.75, 3.05) is 13.2 Å². The van der Waals surface area contributed by atoms with Gasteiger partial charge in [0, 0.05) is 18.1 Å². The summed E-state index contributed by atoms with van der Waals surface area (Å²) >= 11 is 7.55. The molecule has 2 unspecified atom stereocenters. The van der Waals surface area contributed by atoms with Crippen LogP contribution in [0.1, 0.15) is 23.6 Å². The summed E-state index contributed by atoms with van der Waals surface area (Å²) in [6.07, 6.45) is -0.652. The monoisotopic (exact) mass is 466 g/mol. The summed E-state index contributed by atoms with van der Waals surface area (Å²) in [6.45, 7) is 3.34. The lowest BCUT2D eigenvalue weighted by Gasteiger charge is -2.17. The van der Waals surface area contributed by atoms with Crippen molar-refractivity contribution in [3.63, 3.8) is 0 Å². The number of aliphatic hydroxyl groups is 1. The topological polar surface area (TPSA) is 129 Å². The molecule has 3 rings (SSSR count). The second kappa shape index (κ2) is 12.3. The molecule has 0 saturated heterocycles. The van der Waals surface area contributed by atoms with Crippen LogP contribution < -0.4 is 5.32 Å². The van der Waals surface area contributed by atoms with Crippen LogP contribution in [0.5, 0.6) is 0 Å². The van der Waals surface area contributed by atoms with E-state index in [1.54, 1.807) is 11.3 Å². The number of fused-ring (bicyclic) bond motifs is 1. The van der Waals surface area contributed by atoms with Crippen LogP contribution in [0.2, 0.25) is 5.02 Å². The summed E-state index contributed by atoms with van der Waals surface area (Å²) in [5.41, 5.74) is 2.06. The number of para-hydroxylation sites is 1. The van der Waals surface area contributed by atoms with Crippen molar-refractivity contribution in [2.24, 2.45) is 0 Å². The summed E-state index contributed by atoms with van der Waals surface area (Å²) in [6, 6.07) is 15.6. The molecule has 0 aliphatic rings. The Hall–Kier alpha value is -2.56. The number of rotatable bonds is 8. The van der Waals surface area contributed by atoms with E-state index in [1.807, 2.05) is 49.4 Å². The van der Waals surface area contributed by atoms with Gasteiger partial charge in [-0.1, -0.05) is 35.9 Å². The van der Waals surface area contributed by atoms with Crippen molar-refractivity contribution >= 4 is 45.1 Å². The molecule has 2 aromatic carbocycles. The fourth-order valence-electron chi connectivity index (χ4n) is 2.49. The lowest BCUT2D eigenvalue weighted by atomic mass is 10.1. The summed E-state index contributed by atoms with van der Waals surface area (Å²) in [4.78, 5) is 22.8. The van der Waals surface area contributed by atoms with Crippen molar-refractivity contribution in [1.29, 1.82) is 0 Å². The largest absolute Gasteiger partial charge is 0.473 e. The number of ether oxygens (including phenoxy) is 1. The Kier molecular flexibility index (Phi) is 9.83. The number of thiazole rings is 1. The zero-order valence-corrected chi connectivity index (χ0v) is 18.3. The van der Waals surface area contributed by atoms with Crippen LogP contribution in [0.4, 0.5) is 0 Å². The van der Waals surface area contributed by atoms with E-state index < -0.39 is 18.0 Å². The van der Waals surface area contributed by atoms with Crippen molar-refractivity contribution < 1.29 is 29.6 Å².